The van der Waals surface area contributed by atoms with Crippen LogP contribution in [0.15, 0.2) is 63.4 Å². The SMILES string of the molecule is COc1ccc(CN2C(=O)CC(c3ccc(Br)s3)=Nc3ccccc32)cc1F. The van der Waals surface area contributed by atoms with Crippen molar-refractivity contribution in [3.63, 3.8) is 0 Å². The Morgan fingerprint density at radius 2 is 2.04 bits per heavy atom. The molecule has 0 bridgehead atoms. The summed E-state index contributed by atoms with van der Waals surface area (Å²) < 4.78 is 20.1. The van der Waals surface area contributed by atoms with E-state index in [9.17, 15) is 9.18 Å². The van der Waals surface area contributed by atoms with Crippen LogP contribution in [0.3, 0.4) is 0 Å². The topological polar surface area (TPSA) is 41.9 Å². The lowest BCUT2D eigenvalue weighted by Gasteiger charge is -2.22. The minimum Gasteiger partial charge on any atom is -0.494 e. The van der Waals surface area contributed by atoms with E-state index in [4.69, 9.17) is 9.73 Å². The van der Waals surface area contributed by atoms with Gasteiger partial charge in [-0.3, -0.25) is 4.79 Å². The molecule has 2 aromatic carbocycles. The predicted octanol–water partition coefficient (Wildman–Crippen LogP) is 5.72. The van der Waals surface area contributed by atoms with E-state index < -0.39 is 5.82 Å². The number of hydrogen-bond donors (Lipinski definition) is 0. The Bertz CT molecular complexity index is 1080. The number of amides is 1. The van der Waals surface area contributed by atoms with Crippen LogP contribution in [-0.2, 0) is 11.3 Å². The van der Waals surface area contributed by atoms with Crippen LogP contribution >= 0.6 is 27.3 Å². The Morgan fingerprint density at radius 1 is 1.21 bits per heavy atom. The lowest BCUT2D eigenvalue weighted by atomic mass is 10.1. The van der Waals surface area contributed by atoms with E-state index >= 15 is 0 Å². The summed E-state index contributed by atoms with van der Waals surface area (Å²) in [6.45, 7) is 0.258. The molecule has 1 amide bonds. The minimum atomic E-state index is -0.448. The summed E-state index contributed by atoms with van der Waals surface area (Å²) in [5, 5.41) is 0. The quantitative estimate of drug-likeness (QED) is 0.501. The number of methoxy groups -OCH3 is 1. The third-order valence-corrected chi connectivity index (χ3v) is 6.13. The Kier molecular flexibility index (Phi) is 5.28. The van der Waals surface area contributed by atoms with Crippen molar-refractivity contribution in [1.82, 2.24) is 0 Å². The van der Waals surface area contributed by atoms with Crippen molar-refractivity contribution < 1.29 is 13.9 Å². The van der Waals surface area contributed by atoms with Crippen molar-refractivity contribution >= 4 is 50.3 Å². The molecule has 0 radical (unpaired) electrons. The van der Waals surface area contributed by atoms with Crippen LogP contribution in [-0.4, -0.2) is 18.7 Å². The lowest BCUT2D eigenvalue weighted by Crippen LogP contribution is -2.31. The summed E-state index contributed by atoms with van der Waals surface area (Å²) in [6, 6.07) is 16.2. The van der Waals surface area contributed by atoms with E-state index in [2.05, 4.69) is 15.9 Å². The van der Waals surface area contributed by atoms with Gasteiger partial charge in [-0.05, 0) is 57.9 Å². The molecular formula is C21H16BrFN2O2S. The molecule has 2 heterocycles. The zero-order valence-electron chi connectivity index (χ0n) is 15.0. The van der Waals surface area contributed by atoms with Crippen LogP contribution in [0.2, 0.25) is 0 Å². The number of nitrogens with zero attached hydrogens (tertiary/aromatic N) is 2. The van der Waals surface area contributed by atoms with E-state index in [1.54, 1.807) is 28.4 Å². The number of thiophene rings is 1. The van der Waals surface area contributed by atoms with E-state index in [-0.39, 0.29) is 24.6 Å². The molecule has 0 saturated carbocycles. The highest BCUT2D eigenvalue weighted by Crippen LogP contribution is 2.35. The first-order chi connectivity index (χ1) is 13.5. The van der Waals surface area contributed by atoms with Gasteiger partial charge in [0.15, 0.2) is 11.6 Å². The summed E-state index contributed by atoms with van der Waals surface area (Å²) in [7, 11) is 1.43. The number of rotatable bonds is 4. The Labute approximate surface area is 174 Å². The number of para-hydroxylation sites is 2. The smallest absolute Gasteiger partial charge is 0.233 e. The monoisotopic (exact) mass is 458 g/mol. The maximum absolute atomic E-state index is 14.1. The molecule has 0 atom stereocenters. The molecule has 1 aliphatic heterocycles. The predicted molar refractivity (Wildman–Crippen MR) is 113 cm³/mol. The highest BCUT2D eigenvalue weighted by atomic mass is 79.9. The second-order valence-electron chi connectivity index (χ2n) is 6.28. The zero-order valence-corrected chi connectivity index (χ0v) is 17.4. The number of carbonyl (C=O) groups is 1. The number of benzene rings is 2. The van der Waals surface area contributed by atoms with Crippen LogP contribution in [0.1, 0.15) is 16.9 Å². The summed E-state index contributed by atoms with van der Waals surface area (Å²) in [4.78, 5) is 20.5. The fourth-order valence-electron chi connectivity index (χ4n) is 3.12. The van der Waals surface area contributed by atoms with Crippen molar-refractivity contribution in [2.75, 3.05) is 12.0 Å². The zero-order chi connectivity index (χ0) is 19.7. The Balaban J connectivity index is 1.71. The van der Waals surface area contributed by atoms with Gasteiger partial charge in [0, 0.05) is 0 Å². The van der Waals surface area contributed by atoms with Crippen molar-refractivity contribution in [2.45, 2.75) is 13.0 Å². The average Bonchev–Trinajstić information content (AvgIpc) is 3.07. The average molecular weight is 459 g/mol. The number of anilines is 1. The van der Waals surface area contributed by atoms with Crippen LogP contribution in [0.5, 0.6) is 5.75 Å². The molecule has 0 saturated heterocycles. The number of carbonyl (C=O) groups excluding carboxylic acids is 1. The molecule has 0 spiro atoms. The molecule has 3 aromatic rings. The van der Waals surface area contributed by atoms with E-state index in [0.29, 0.717) is 11.3 Å². The molecule has 142 valence electrons. The van der Waals surface area contributed by atoms with E-state index in [0.717, 1.165) is 20.1 Å². The van der Waals surface area contributed by atoms with E-state index in [1.807, 2.05) is 36.4 Å². The van der Waals surface area contributed by atoms with Gasteiger partial charge in [0.25, 0.3) is 0 Å². The van der Waals surface area contributed by atoms with Gasteiger partial charge in [-0.25, -0.2) is 9.38 Å². The van der Waals surface area contributed by atoms with Crippen LogP contribution in [0.25, 0.3) is 0 Å². The Hall–Kier alpha value is -2.51. The third kappa shape index (κ3) is 3.72. The first-order valence-corrected chi connectivity index (χ1v) is 10.2. The highest BCUT2D eigenvalue weighted by molar-refractivity contribution is 9.11. The second kappa shape index (κ2) is 7.85. The summed E-state index contributed by atoms with van der Waals surface area (Å²) in [5.41, 5.74) is 2.86. The maximum atomic E-state index is 14.1. The summed E-state index contributed by atoms with van der Waals surface area (Å²) in [6.07, 6.45) is 0.181. The molecule has 1 aromatic heterocycles. The standard InChI is InChI=1S/C21H16BrFN2O2S/c1-27-18-7-6-13(10-14(18)23)12-25-17-5-3-2-4-15(17)24-16(11-21(25)26)19-8-9-20(22)28-19/h2-10H,11-12H2,1H3. The molecule has 4 nitrogen and oxygen atoms in total. The minimum absolute atomic E-state index is 0.0792. The lowest BCUT2D eigenvalue weighted by molar-refractivity contribution is -0.117. The molecule has 0 aliphatic carbocycles. The van der Waals surface area contributed by atoms with Gasteiger partial charge >= 0.3 is 0 Å². The van der Waals surface area contributed by atoms with Gasteiger partial charge in [0.1, 0.15) is 0 Å². The second-order valence-corrected chi connectivity index (χ2v) is 8.74. The highest BCUT2D eigenvalue weighted by Gasteiger charge is 2.25. The van der Waals surface area contributed by atoms with Gasteiger partial charge in [-0.2, -0.15) is 0 Å². The Morgan fingerprint density at radius 3 is 2.75 bits per heavy atom. The summed E-state index contributed by atoms with van der Waals surface area (Å²) >= 11 is 5.01. The summed E-state index contributed by atoms with van der Waals surface area (Å²) in [5.74, 6) is -0.347. The number of ether oxygens (including phenoxy) is 1. The number of halogens is 2. The normalized spacial score (nSPS) is 13.8. The van der Waals surface area contributed by atoms with Crippen LogP contribution < -0.4 is 9.64 Å². The molecule has 0 N–H and O–H groups in total. The molecule has 1 aliphatic rings. The first-order valence-electron chi connectivity index (χ1n) is 8.60. The van der Waals surface area contributed by atoms with Crippen molar-refractivity contribution in [2.24, 2.45) is 4.99 Å². The van der Waals surface area contributed by atoms with Crippen molar-refractivity contribution in [3.8, 4) is 5.75 Å². The molecule has 28 heavy (non-hydrogen) atoms. The maximum Gasteiger partial charge on any atom is 0.233 e. The molecule has 0 fully saturated rings. The van der Waals surface area contributed by atoms with Crippen molar-refractivity contribution in [3.05, 3.63) is 74.6 Å². The molecule has 0 unspecified atom stereocenters. The van der Waals surface area contributed by atoms with Gasteiger partial charge in [0.2, 0.25) is 5.91 Å². The molecule has 7 heteroatoms. The molecular weight excluding hydrogens is 443 g/mol. The largest absolute Gasteiger partial charge is 0.494 e. The fourth-order valence-corrected chi connectivity index (χ4v) is 4.49. The van der Waals surface area contributed by atoms with Gasteiger partial charge in [-0.15, -0.1) is 11.3 Å². The fraction of sp³-hybridized carbons (Fsp3) is 0.143. The van der Waals surface area contributed by atoms with Crippen LogP contribution in [0.4, 0.5) is 15.8 Å². The molecule has 4 rings (SSSR count). The third-order valence-electron chi connectivity index (χ3n) is 4.46. The van der Waals surface area contributed by atoms with Gasteiger partial charge in [-0.1, -0.05) is 18.2 Å². The first kappa shape index (κ1) is 18.8. The number of fused-ring (bicyclic) bond motifs is 1. The number of aliphatic imine (C=N–C) groups is 1. The van der Waals surface area contributed by atoms with Gasteiger partial charge in [0.05, 0.1) is 45.8 Å². The van der Waals surface area contributed by atoms with Crippen LogP contribution in [0, 0.1) is 5.82 Å². The number of hydrogen-bond acceptors (Lipinski definition) is 4. The van der Waals surface area contributed by atoms with Crippen molar-refractivity contribution in [1.29, 1.82) is 0 Å². The van der Waals surface area contributed by atoms with E-state index in [1.165, 1.54) is 13.2 Å². The van der Waals surface area contributed by atoms with Gasteiger partial charge < -0.3 is 9.64 Å².